The lowest BCUT2D eigenvalue weighted by Gasteiger charge is -2.74. The van der Waals surface area contributed by atoms with Crippen molar-refractivity contribution in [2.75, 3.05) is 60.7 Å². The van der Waals surface area contributed by atoms with Gasteiger partial charge in [-0.1, -0.05) is 77.0 Å². The number of hydrogen-bond acceptors (Lipinski definition) is 5. The molecule has 8 saturated carbocycles. The molecular formula is C46H81NO6P+. The summed E-state index contributed by atoms with van der Waals surface area (Å²) in [7, 11) is 1.96. The van der Waals surface area contributed by atoms with Crippen LogP contribution in [0.4, 0.5) is 0 Å². The molecule has 0 aliphatic heterocycles. The second-order valence-electron chi connectivity index (χ2n) is 21.4. The Morgan fingerprint density at radius 1 is 0.537 bits per heavy atom. The number of quaternary nitrogens is 1. The first-order chi connectivity index (χ1) is 26.2. The van der Waals surface area contributed by atoms with E-state index in [1.165, 1.54) is 107 Å². The summed E-state index contributed by atoms with van der Waals surface area (Å²) in [6, 6.07) is 0. The highest BCUT2D eigenvalue weighted by atomic mass is 31.2. The van der Waals surface area contributed by atoms with Crippen LogP contribution in [-0.4, -0.2) is 76.2 Å². The van der Waals surface area contributed by atoms with Crippen molar-refractivity contribution in [3.63, 3.8) is 0 Å². The summed E-state index contributed by atoms with van der Waals surface area (Å²) in [5.41, 5.74) is 0. The van der Waals surface area contributed by atoms with Gasteiger partial charge in [0.15, 0.2) is 0 Å². The van der Waals surface area contributed by atoms with Gasteiger partial charge in [0.1, 0.15) is 19.3 Å². The highest BCUT2D eigenvalue weighted by Gasteiger charge is 2.69. The second kappa shape index (κ2) is 18.1. The maximum Gasteiger partial charge on any atom is 0.472 e. The molecule has 8 aliphatic rings. The highest BCUT2D eigenvalue weighted by molar-refractivity contribution is 7.47. The van der Waals surface area contributed by atoms with E-state index in [9.17, 15) is 9.46 Å². The van der Waals surface area contributed by atoms with E-state index in [4.69, 9.17) is 18.5 Å². The maximum absolute atomic E-state index is 12.6. The summed E-state index contributed by atoms with van der Waals surface area (Å²) in [5.74, 6) is 15.8. The summed E-state index contributed by atoms with van der Waals surface area (Å²) in [6.45, 7) is 2.54. The van der Waals surface area contributed by atoms with Crippen molar-refractivity contribution in [2.45, 2.75) is 147 Å². The fourth-order valence-corrected chi connectivity index (χ4v) is 15.2. The number of phosphoric ester groups is 1. The fourth-order valence-electron chi connectivity index (χ4n) is 14.5. The Morgan fingerprint density at radius 3 is 1.50 bits per heavy atom. The molecule has 0 aromatic rings. The molecule has 8 aliphatic carbocycles. The zero-order valence-corrected chi connectivity index (χ0v) is 35.7. The number of ether oxygens (including phenoxy) is 2. The molecule has 16 atom stereocenters. The van der Waals surface area contributed by atoms with Crippen LogP contribution in [0.25, 0.3) is 0 Å². The van der Waals surface area contributed by atoms with Crippen molar-refractivity contribution >= 4 is 7.82 Å². The Bertz CT molecular complexity index is 1230. The van der Waals surface area contributed by atoms with E-state index in [1.54, 1.807) is 44.9 Å². The Hall–Kier alpha value is -0.0100. The van der Waals surface area contributed by atoms with Crippen molar-refractivity contribution in [1.82, 2.24) is 0 Å². The van der Waals surface area contributed by atoms with Crippen LogP contribution >= 0.6 is 7.82 Å². The molecule has 8 fully saturated rings. The number of likely N-dealkylation sites (N-methyl/N-ethyl adjacent to an activating group) is 1. The van der Waals surface area contributed by atoms with Crippen molar-refractivity contribution in [2.24, 2.45) is 82.9 Å². The lowest BCUT2D eigenvalue weighted by Crippen LogP contribution is -2.69. The van der Waals surface area contributed by atoms with E-state index in [0.717, 1.165) is 72.0 Å². The van der Waals surface area contributed by atoms with Gasteiger partial charge in [0.05, 0.1) is 34.4 Å². The normalized spacial score (nSPS) is 41.3. The van der Waals surface area contributed by atoms with Gasteiger partial charge in [0, 0.05) is 13.2 Å². The van der Waals surface area contributed by atoms with Crippen molar-refractivity contribution in [3.05, 3.63) is 0 Å². The molecule has 8 heteroatoms. The van der Waals surface area contributed by atoms with Gasteiger partial charge in [-0.25, -0.2) is 4.57 Å². The van der Waals surface area contributed by atoms with Crippen LogP contribution in [0.3, 0.4) is 0 Å². The summed E-state index contributed by atoms with van der Waals surface area (Å²) in [5, 5.41) is 0. The number of hydrogen-bond donors (Lipinski definition) is 1. The average molecular weight is 775 g/mol. The molecule has 0 heterocycles. The van der Waals surface area contributed by atoms with Crippen LogP contribution in [0, 0.1) is 82.9 Å². The first kappa shape index (κ1) is 40.8. The van der Waals surface area contributed by atoms with Crippen LogP contribution in [0.5, 0.6) is 0 Å². The van der Waals surface area contributed by atoms with Crippen LogP contribution in [0.2, 0.25) is 0 Å². The summed E-state index contributed by atoms with van der Waals surface area (Å²) >= 11 is 0. The van der Waals surface area contributed by atoms with Gasteiger partial charge in [-0.15, -0.1) is 0 Å². The molecule has 8 rings (SSSR count). The quantitative estimate of drug-likeness (QED) is 0.0536. The molecule has 0 aromatic heterocycles. The molecule has 0 spiro atoms. The molecule has 1 N–H and O–H groups in total. The smallest absolute Gasteiger partial charge is 0.379 e. The lowest BCUT2D eigenvalue weighted by molar-refractivity contribution is -0.870. The molecule has 0 radical (unpaired) electrons. The third kappa shape index (κ3) is 9.23. The molecule has 54 heavy (non-hydrogen) atoms. The van der Waals surface area contributed by atoms with Gasteiger partial charge in [-0.3, -0.25) is 9.05 Å². The molecule has 0 bridgehead atoms. The van der Waals surface area contributed by atoms with Gasteiger partial charge in [-0.2, -0.15) is 0 Å². The van der Waals surface area contributed by atoms with Crippen molar-refractivity contribution in [1.29, 1.82) is 0 Å². The number of fused-ring (bicyclic) bond motifs is 14. The monoisotopic (exact) mass is 775 g/mol. The maximum atomic E-state index is 12.6. The first-order valence-electron chi connectivity index (χ1n) is 23.8. The van der Waals surface area contributed by atoms with Crippen molar-refractivity contribution in [3.8, 4) is 0 Å². The Balaban J connectivity index is 0.652. The molecule has 0 amide bonds. The predicted octanol–water partition coefficient (Wildman–Crippen LogP) is 10.5. The number of unbranched alkanes of at least 4 members (excludes halogenated alkanes) is 8. The third-order valence-corrected chi connectivity index (χ3v) is 18.5. The lowest BCUT2D eigenvalue weighted by atomic mass is 9.30. The highest BCUT2D eigenvalue weighted by Crippen LogP contribution is 2.75. The van der Waals surface area contributed by atoms with E-state index in [1.807, 2.05) is 21.1 Å². The largest absolute Gasteiger partial charge is 0.472 e. The molecule has 7 nitrogen and oxygen atoms in total. The second-order valence-corrected chi connectivity index (χ2v) is 22.9. The number of rotatable bonds is 26. The zero-order chi connectivity index (χ0) is 37.3. The molecule has 0 saturated heterocycles. The average Bonchev–Trinajstić information content (AvgIpc) is 3.11. The predicted molar refractivity (Wildman–Crippen MR) is 216 cm³/mol. The summed E-state index contributed by atoms with van der Waals surface area (Å²) < 4.78 is 36.2. The summed E-state index contributed by atoms with van der Waals surface area (Å²) in [6.07, 6.45) is 30.5. The minimum atomic E-state index is -4.14. The van der Waals surface area contributed by atoms with Crippen molar-refractivity contribution < 1.29 is 32.5 Å². The number of phosphoric acid groups is 1. The van der Waals surface area contributed by atoms with Gasteiger partial charge in [0.25, 0.3) is 0 Å². The van der Waals surface area contributed by atoms with E-state index < -0.39 is 7.82 Å². The Morgan fingerprint density at radius 2 is 0.981 bits per heavy atom. The van der Waals surface area contributed by atoms with Crippen LogP contribution in [0.1, 0.15) is 141 Å². The van der Waals surface area contributed by atoms with Gasteiger partial charge < -0.3 is 18.9 Å². The minimum Gasteiger partial charge on any atom is -0.379 e. The van der Waals surface area contributed by atoms with E-state index in [2.05, 4.69) is 0 Å². The topological polar surface area (TPSA) is 74.2 Å². The van der Waals surface area contributed by atoms with Gasteiger partial charge >= 0.3 is 7.82 Å². The molecule has 0 aromatic carbocycles. The zero-order valence-electron chi connectivity index (χ0n) is 34.8. The van der Waals surface area contributed by atoms with E-state index >= 15 is 0 Å². The Labute approximate surface area is 330 Å². The van der Waals surface area contributed by atoms with Gasteiger partial charge in [0.2, 0.25) is 0 Å². The van der Waals surface area contributed by atoms with Crippen LogP contribution < -0.4 is 0 Å². The van der Waals surface area contributed by atoms with E-state index in [0.29, 0.717) is 30.8 Å². The molecular weight excluding hydrogens is 693 g/mol. The number of nitrogens with zero attached hydrogens (tertiary/aromatic N) is 1. The first-order valence-corrected chi connectivity index (χ1v) is 25.3. The van der Waals surface area contributed by atoms with Gasteiger partial charge in [-0.05, 0) is 147 Å². The SMILES string of the molecule is C[N+](C)(C)CCOP(=O)(O)OC[C@@H](COCCCCCCC1CCC2C(C1)C1C3CCC3C21)OCCCCCCCCC1CCC2C(C1)C1C3CCC3C21. The van der Waals surface area contributed by atoms with Crippen LogP contribution in [0.15, 0.2) is 0 Å². The summed E-state index contributed by atoms with van der Waals surface area (Å²) in [4.78, 5) is 10.3. The standard InChI is InChI=1S/C46H80NO6P/c1-47(2,3)24-27-52-54(48,49)53-31-34(30-50-25-12-9-7-11-15-33-17-19-40-42(29-33)46-38-23-21-36(38)44(40)46)51-26-13-8-5-4-6-10-14-32-16-18-39-41(28-32)45-37-22-20-35(37)43(39)45/h32-46H,4-31H2,1-3H3/p+1/t32?,33?,34-,35?,36?,37?,38?,39?,40?,41?,42?,43?,44?,45?,46?/m1/s1. The minimum absolute atomic E-state index is 0.00973. The third-order valence-electron chi connectivity index (χ3n) is 17.5. The van der Waals surface area contributed by atoms with E-state index in [-0.39, 0.29) is 19.3 Å². The Kier molecular flexibility index (Phi) is 13.7. The van der Waals surface area contributed by atoms with Crippen LogP contribution in [-0.2, 0) is 23.1 Å². The molecule has 310 valence electrons. The fraction of sp³-hybridized carbons (Fsp3) is 1.00. The molecule has 15 unspecified atom stereocenters.